The van der Waals surface area contributed by atoms with Gasteiger partial charge in [-0.25, -0.2) is 9.78 Å². The van der Waals surface area contributed by atoms with E-state index in [9.17, 15) is 14.9 Å². The second-order valence-electron chi connectivity index (χ2n) is 8.77. The average Bonchev–Trinajstić information content (AvgIpc) is 3.02. The summed E-state index contributed by atoms with van der Waals surface area (Å²) in [6.45, 7) is 0.228. The van der Waals surface area contributed by atoms with Crippen molar-refractivity contribution in [3.05, 3.63) is 87.7 Å². The van der Waals surface area contributed by atoms with Gasteiger partial charge in [-0.05, 0) is 47.5 Å². The number of hydrogen-bond donors (Lipinski definition) is 3. The van der Waals surface area contributed by atoms with Gasteiger partial charge < -0.3 is 34.6 Å². The Morgan fingerprint density at radius 2 is 1.69 bits per heavy atom. The van der Waals surface area contributed by atoms with Crippen LogP contribution in [0.3, 0.4) is 0 Å². The molecular weight excluding hydrogens is 558 g/mol. The van der Waals surface area contributed by atoms with E-state index in [-0.39, 0.29) is 17.8 Å². The minimum absolute atomic E-state index is 0.0728. The third-order valence-electron chi connectivity index (χ3n) is 6.09. The van der Waals surface area contributed by atoms with Gasteiger partial charge in [-0.2, -0.15) is 5.26 Å². The summed E-state index contributed by atoms with van der Waals surface area (Å²) in [7, 11) is 6.12. The zero-order chi connectivity index (χ0) is 30.1. The number of amides is 2. The van der Waals surface area contributed by atoms with Crippen molar-refractivity contribution in [3.8, 4) is 40.3 Å². The SMILES string of the molecule is COc1cccc(-c2nc(SCc3cccc(NC(=O)NCc4cc(OC)c(OC)c(OC)c4)c3)[nH]c(=O)c2C#N)c1. The largest absolute Gasteiger partial charge is 0.497 e. The highest BCUT2D eigenvalue weighted by Gasteiger charge is 2.16. The Morgan fingerprint density at radius 3 is 2.36 bits per heavy atom. The molecule has 0 aliphatic heterocycles. The Morgan fingerprint density at radius 1 is 0.952 bits per heavy atom. The highest BCUT2D eigenvalue weighted by Crippen LogP contribution is 2.38. The summed E-state index contributed by atoms with van der Waals surface area (Å²) in [6.07, 6.45) is 0. The van der Waals surface area contributed by atoms with Crippen LogP contribution in [0.1, 0.15) is 16.7 Å². The van der Waals surface area contributed by atoms with Crippen LogP contribution in [0.25, 0.3) is 11.3 Å². The normalized spacial score (nSPS) is 10.4. The van der Waals surface area contributed by atoms with E-state index >= 15 is 0 Å². The first-order chi connectivity index (χ1) is 20.4. The average molecular weight is 588 g/mol. The smallest absolute Gasteiger partial charge is 0.319 e. The predicted octanol–water partition coefficient (Wildman–Crippen LogP) is 4.96. The molecule has 2 amide bonds. The number of H-pyrrole nitrogens is 1. The molecule has 0 unspecified atom stereocenters. The molecule has 4 rings (SSSR count). The summed E-state index contributed by atoms with van der Waals surface area (Å²) >= 11 is 1.30. The van der Waals surface area contributed by atoms with Gasteiger partial charge in [-0.1, -0.05) is 36.0 Å². The van der Waals surface area contributed by atoms with Crippen LogP contribution >= 0.6 is 11.8 Å². The number of ether oxygens (including phenoxy) is 4. The molecule has 3 N–H and O–H groups in total. The molecule has 1 heterocycles. The minimum Gasteiger partial charge on any atom is -0.497 e. The monoisotopic (exact) mass is 587 g/mol. The maximum Gasteiger partial charge on any atom is 0.319 e. The number of benzene rings is 3. The number of aromatic nitrogens is 2. The molecule has 216 valence electrons. The standard InChI is InChI=1S/C30H29N5O6S/c1-38-22-10-6-8-20(14-22)26-23(15-31)28(36)35-30(34-26)42-17-18-7-5-9-21(11-18)33-29(37)32-16-19-12-24(39-2)27(41-4)25(13-19)40-3/h5-14H,16-17H2,1-4H3,(H2,32,33,37)(H,34,35,36). The van der Waals surface area contributed by atoms with Gasteiger partial charge in [0, 0.05) is 23.5 Å². The third-order valence-corrected chi connectivity index (χ3v) is 7.04. The lowest BCUT2D eigenvalue weighted by Gasteiger charge is -2.15. The Hall–Kier alpha value is -5.15. The van der Waals surface area contributed by atoms with Crippen LogP contribution in [0, 0.1) is 11.3 Å². The number of rotatable bonds is 11. The molecular formula is C30H29N5O6S. The number of aromatic amines is 1. The van der Waals surface area contributed by atoms with Gasteiger partial charge in [-0.3, -0.25) is 4.79 Å². The molecule has 1 aromatic heterocycles. The van der Waals surface area contributed by atoms with Crippen LogP contribution in [-0.4, -0.2) is 44.4 Å². The number of carbonyl (C=O) groups excluding carboxylic acids is 1. The number of carbonyl (C=O) groups is 1. The number of hydrogen-bond acceptors (Lipinski definition) is 9. The van der Waals surface area contributed by atoms with Gasteiger partial charge in [0.05, 0.1) is 34.1 Å². The van der Waals surface area contributed by atoms with Crippen molar-refractivity contribution in [1.29, 1.82) is 5.26 Å². The number of urea groups is 1. The number of thioether (sulfide) groups is 1. The molecule has 0 aliphatic carbocycles. The maximum atomic E-state index is 12.6. The number of anilines is 1. The Kier molecular flexibility index (Phi) is 9.91. The lowest BCUT2D eigenvalue weighted by molar-refractivity contribution is 0.251. The van der Waals surface area contributed by atoms with E-state index in [0.717, 1.165) is 11.1 Å². The van der Waals surface area contributed by atoms with E-state index in [0.29, 0.717) is 45.2 Å². The van der Waals surface area contributed by atoms with Crippen molar-refractivity contribution >= 4 is 23.5 Å². The van der Waals surface area contributed by atoms with E-state index in [1.165, 1.54) is 33.1 Å². The maximum absolute atomic E-state index is 12.6. The molecule has 42 heavy (non-hydrogen) atoms. The van der Waals surface area contributed by atoms with Crippen LogP contribution in [0.2, 0.25) is 0 Å². The highest BCUT2D eigenvalue weighted by molar-refractivity contribution is 7.98. The van der Waals surface area contributed by atoms with Crippen LogP contribution in [0.5, 0.6) is 23.0 Å². The van der Waals surface area contributed by atoms with E-state index in [4.69, 9.17) is 18.9 Å². The van der Waals surface area contributed by atoms with Crippen molar-refractivity contribution in [3.63, 3.8) is 0 Å². The molecule has 0 spiro atoms. The molecule has 0 radical (unpaired) electrons. The first kappa shape index (κ1) is 29.8. The highest BCUT2D eigenvalue weighted by atomic mass is 32.2. The molecule has 0 aliphatic rings. The van der Waals surface area contributed by atoms with Gasteiger partial charge >= 0.3 is 6.03 Å². The zero-order valence-electron chi connectivity index (χ0n) is 23.4. The molecule has 4 aromatic rings. The lowest BCUT2D eigenvalue weighted by Crippen LogP contribution is -2.28. The summed E-state index contributed by atoms with van der Waals surface area (Å²) in [5, 5.41) is 15.6. The van der Waals surface area contributed by atoms with Crippen molar-refractivity contribution in [2.75, 3.05) is 33.8 Å². The second kappa shape index (κ2) is 14.0. The Balaban J connectivity index is 1.42. The van der Waals surface area contributed by atoms with Gasteiger partial charge in [0.15, 0.2) is 16.7 Å². The quantitative estimate of drug-likeness (QED) is 0.164. The topological polar surface area (TPSA) is 148 Å². The first-order valence-electron chi connectivity index (χ1n) is 12.6. The predicted molar refractivity (Wildman–Crippen MR) is 160 cm³/mol. The van der Waals surface area contributed by atoms with Gasteiger partial charge in [-0.15, -0.1) is 0 Å². The van der Waals surface area contributed by atoms with Gasteiger partial charge in [0.25, 0.3) is 5.56 Å². The van der Waals surface area contributed by atoms with E-state index in [2.05, 4.69) is 20.6 Å². The van der Waals surface area contributed by atoms with E-state index in [1.807, 2.05) is 24.3 Å². The molecule has 0 atom stereocenters. The number of nitrogens with zero attached hydrogens (tertiary/aromatic N) is 2. The van der Waals surface area contributed by atoms with Crippen molar-refractivity contribution in [2.45, 2.75) is 17.5 Å². The number of methoxy groups -OCH3 is 4. The fourth-order valence-electron chi connectivity index (χ4n) is 4.09. The molecule has 12 heteroatoms. The molecule has 0 saturated heterocycles. The Bertz CT molecular complexity index is 1660. The molecule has 11 nitrogen and oxygen atoms in total. The van der Waals surface area contributed by atoms with Gasteiger partial charge in [0.2, 0.25) is 5.75 Å². The van der Waals surface area contributed by atoms with Crippen LogP contribution in [0.4, 0.5) is 10.5 Å². The van der Waals surface area contributed by atoms with Crippen molar-refractivity contribution in [2.24, 2.45) is 0 Å². The minimum atomic E-state index is -0.521. The number of nitriles is 1. The third kappa shape index (κ3) is 7.13. The lowest BCUT2D eigenvalue weighted by atomic mass is 10.1. The van der Waals surface area contributed by atoms with Crippen LogP contribution in [-0.2, 0) is 12.3 Å². The van der Waals surface area contributed by atoms with E-state index < -0.39 is 11.6 Å². The van der Waals surface area contributed by atoms with Crippen LogP contribution < -0.4 is 35.1 Å². The Labute approximate surface area is 246 Å². The van der Waals surface area contributed by atoms with Gasteiger partial charge in [0.1, 0.15) is 17.4 Å². The summed E-state index contributed by atoms with van der Waals surface area (Å²) in [5.41, 5.74) is 2.53. The van der Waals surface area contributed by atoms with Crippen LogP contribution in [0.15, 0.2) is 70.6 Å². The molecule has 0 saturated carbocycles. The van der Waals surface area contributed by atoms with Crippen molar-refractivity contribution < 1.29 is 23.7 Å². The summed E-state index contributed by atoms with van der Waals surface area (Å²) in [4.78, 5) is 32.5. The summed E-state index contributed by atoms with van der Waals surface area (Å²) in [5.74, 6) is 2.50. The van der Waals surface area contributed by atoms with E-state index in [1.54, 1.807) is 49.6 Å². The fourth-order valence-corrected chi connectivity index (χ4v) is 4.89. The molecule has 3 aromatic carbocycles. The summed E-state index contributed by atoms with van der Waals surface area (Å²) in [6, 6.07) is 19.4. The van der Waals surface area contributed by atoms with Crippen molar-refractivity contribution in [1.82, 2.24) is 15.3 Å². The first-order valence-corrected chi connectivity index (χ1v) is 13.6. The zero-order valence-corrected chi connectivity index (χ0v) is 24.3. The fraction of sp³-hybridized carbons (Fsp3) is 0.200. The molecule has 0 bridgehead atoms. The second-order valence-corrected chi connectivity index (χ2v) is 9.73. The summed E-state index contributed by atoms with van der Waals surface area (Å²) < 4.78 is 21.3. The molecule has 0 fully saturated rings. The number of nitrogens with one attached hydrogen (secondary N) is 3.